The van der Waals surface area contributed by atoms with Crippen molar-refractivity contribution in [3.8, 4) is 0 Å². The highest BCUT2D eigenvalue weighted by Gasteiger charge is 2.44. The number of ketones is 1. The number of hydrogen-bond acceptors (Lipinski definition) is 3. The number of amides is 2. The van der Waals surface area contributed by atoms with E-state index in [4.69, 9.17) is 0 Å². The molecular weight excluding hydrogens is 176 g/mol. The van der Waals surface area contributed by atoms with Crippen LogP contribution in [0.2, 0.25) is 0 Å². The highest BCUT2D eigenvalue weighted by Crippen LogP contribution is 2.30. The topological polar surface area (TPSA) is 58.2 Å². The zero-order valence-electron chi connectivity index (χ0n) is 6.66. The van der Waals surface area contributed by atoms with Crippen LogP contribution in [0, 0.1) is 0 Å². The molecule has 2 heterocycles. The Bertz CT molecular complexity index is 244. The maximum atomic E-state index is 11.1. The van der Waals surface area contributed by atoms with Crippen LogP contribution in [-0.2, 0) is 4.79 Å². The van der Waals surface area contributed by atoms with Gasteiger partial charge in [-0.05, 0) is 6.92 Å². The number of carbonyl (C=O) groups excluding carboxylic acids is 2. The highest BCUT2D eigenvalue weighted by atomic mass is 32.2. The van der Waals surface area contributed by atoms with Crippen LogP contribution < -0.4 is 10.6 Å². The van der Waals surface area contributed by atoms with E-state index in [1.807, 2.05) is 0 Å². The van der Waals surface area contributed by atoms with E-state index in [1.165, 1.54) is 0 Å². The molecule has 0 radical (unpaired) electrons. The Labute approximate surface area is 74.5 Å². The fourth-order valence-electron chi connectivity index (χ4n) is 1.67. The molecule has 3 atom stereocenters. The molecule has 0 spiro atoms. The van der Waals surface area contributed by atoms with Gasteiger partial charge in [-0.2, -0.15) is 0 Å². The summed E-state index contributed by atoms with van der Waals surface area (Å²) in [5.41, 5.74) is 0. The molecule has 0 aromatic carbocycles. The maximum Gasteiger partial charge on any atom is 0.315 e. The van der Waals surface area contributed by atoms with Crippen LogP contribution in [0.5, 0.6) is 0 Å². The molecule has 0 bridgehead atoms. The van der Waals surface area contributed by atoms with Crippen molar-refractivity contribution in [2.75, 3.05) is 5.75 Å². The van der Waals surface area contributed by atoms with Crippen molar-refractivity contribution in [2.24, 2.45) is 0 Å². The van der Waals surface area contributed by atoms with E-state index in [1.54, 1.807) is 18.7 Å². The molecule has 0 aromatic rings. The first-order valence-electron chi connectivity index (χ1n) is 3.87. The normalized spacial score (nSPS) is 38.8. The lowest BCUT2D eigenvalue weighted by Gasteiger charge is -2.12. The number of Topliss-reactive ketones (excluding diaryl/α,β-unsaturated/α-hetero) is 1. The molecule has 2 aliphatic rings. The molecule has 2 amide bonds. The number of fused-ring (bicyclic) bond motifs is 1. The molecule has 12 heavy (non-hydrogen) atoms. The molecule has 66 valence electrons. The summed E-state index contributed by atoms with van der Waals surface area (Å²) in [4.78, 5) is 22.0. The SMILES string of the molecule is CC(=O)[C@@H]1SC[C@@H]2NC(=O)N[C@@H]21. The van der Waals surface area contributed by atoms with Gasteiger partial charge in [-0.25, -0.2) is 4.79 Å². The molecule has 2 fully saturated rings. The minimum atomic E-state index is -0.142. The molecule has 0 unspecified atom stereocenters. The van der Waals surface area contributed by atoms with Crippen LogP contribution in [0.1, 0.15) is 6.92 Å². The Kier molecular flexibility index (Phi) is 1.75. The van der Waals surface area contributed by atoms with E-state index in [2.05, 4.69) is 10.6 Å². The minimum absolute atomic E-state index is 0.0139. The molecule has 2 N–H and O–H groups in total. The summed E-state index contributed by atoms with van der Waals surface area (Å²) in [6, 6.07) is 0.0212. The summed E-state index contributed by atoms with van der Waals surface area (Å²) in [5.74, 6) is 0.990. The predicted octanol–water partition coefficient (Wildman–Crippen LogP) is -0.259. The van der Waals surface area contributed by atoms with Gasteiger partial charge in [0, 0.05) is 5.75 Å². The first kappa shape index (κ1) is 7.91. The Morgan fingerprint density at radius 1 is 1.58 bits per heavy atom. The largest absolute Gasteiger partial charge is 0.332 e. The lowest BCUT2D eigenvalue weighted by Crippen LogP contribution is -2.39. The average molecular weight is 186 g/mol. The van der Waals surface area contributed by atoms with Gasteiger partial charge in [-0.1, -0.05) is 0 Å². The number of nitrogens with one attached hydrogen (secondary N) is 2. The predicted molar refractivity (Wildman–Crippen MR) is 46.2 cm³/mol. The number of hydrogen-bond donors (Lipinski definition) is 2. The summed E-state index contributed by atoms with van der Waals surface area (Å²) in [6.07, 6.45) is 0. The van der Waals surface area contributed by atoms with Gasteiger partial charge in [0.15, 0.2) is 0 Å². The Morgan fingerprint density at radius 2 is 2.33 bits per heavy atom. The standard InChI is InChI=1S/C7H10N2O2S/c1-3(10)6-5-4(2-12-6)8-7(11)9-5/h4-6H,2H2,1H3,(H2,8,9,11)/t4-,5-,6-/m0/s1. The molecule has 2 saturated heterocycles. The smallest absolute Gasteiger partial charge is 0.315 e. The van der Waals surface area contributed by atoms with Crippen LogP contribution in [0.3, 0.4) is 0 Å². The number of urea groups is 1. The zero-order chi connectivity index (χ0) is 8.72. The fourth-order valence-corrected chi connectivity index (χ4v) is 3.07. The van der Waals surface area contributed by atoms with Crippen molar-refractivity contribution in [3.05, 3.63) is 0 Å². The van der Waals surface area contributed by atoms with E-state index in [0.717, 1.165) is 5.75 Å². The number of carbonyl (C=O) groups is 2. The second-order valence-corrected chi connectivity index (χ2v) is 4.29. The van der Waals surface area contributed by atoms with Crippen LogP contribution >= 0.6 is 11.8 Å². The quantitative estimate of drug-likeness (QED) is 0.555. The van der Waals surface area contributed by atoms with Gasteiger partial charge in [-0.3, -0.25) is 4.79 Å². The van der Waals surface area contributed by atoms with E-state index in [9.17, 15) is 9.59 Å². The molecule has 0 saturated carbocycles. The molecule has 5 heteroatoms. The highest BCUT2D eigenvalue weighted by molar-refractivity contribution is 8.01. The summed E-state index contributed by atoms with van der Waals surface area (Å²) in [7, 11) is 0. The van der Waals surface area contributed by atoms with Gasteiger partial charge >= 0.3 is 6.03 Å². The third-order valence-corrected chi connectivity index (χ3v) is 3.77. The van der Waals surface area contributed by atoms with Crippen molar-refractivity contribution in [2.45, 2.75) is 24.3 Å². The van der Waals surface area contributed by atoms with Gasteiger partial charge in [0.05, 0.1) is 17.3 Å². The van der Waals surface area contributed by atoms with E-state index >= 15 is 0 Å². The van der Waals surface area contributed by atoms with Crippen molar-refractivity contribution in [3.63, 3.8) is 0 Å². The number of rotatable bonds is 1. The lowest BCUT2D eigenvalue weighted by molar-refractivity contribution is -0.116. The van der Waals surface area contributed by atoms with Gasteiger partial charge in [0.2, 0.25) is 0 Å². The lowest BCUT2D eigenvalue weighted by atomic mass is 10.1. The third kappa shape index (κ3) is 1.08. The van der Waals surface area contributed by atoms with Crippen LogP contribution in [0.4, 0.5) is 4.79 Å². The Hall–Kier alpha value is -0.710. The van der Waals surface area contributed by atoms with Crippen molar-refractivity contribution >= 4 is 23.6 Å². The first-order chi connectivity index (χ1) is 5.68. The van der Waals surface area contributed by atoms with Gasteiger partial charge < -0.3 is 10.6 Å². The molecule has 2 aliphatic heterocycles. The maximum absolute atomic E-state index is 11.1. The van der Waals surface area contributed by atoms with Crippen LogP contribution in [0.15, 0.2) is 0 Å². The second kappa shape index (κ2) is 2.65. The number of thioether (sulfide) groups is 1. The third-order valence-electron chi connectivity index (χ3n) is 2.23. The molecular formula is C7H10N2O2S. The van der Waals surface area contributed by atoms with Gasteiger partial charge in [0.1, 0.15) is 5.78 Å². The Balaban J connectivity index is 2.13. The first-order valence-corrected chi connectivity index (χ1v) is 4.92. The van der Waals surface area contributed by atoms with Crippen molar-refractivity contribution < 1.29 is 9.59 Å². The molecule has 4 nitrogen and oxygen atoms in total. The summed E-state index contributed by atoms with van der Waals surface area (Å²) in [5, 5.41) is 5.49. The molecule has 0 aliphatic carbocycles. The zero-order valence-corrected chi connectivity index (χ0v) is 7.48. The molecule has 2 rings (SSSR count). The molecule has 0 aromatic heterocycles. The average Bonchev–Trinajstić information content (AvgIpc) is 2.43. The summed E-state index contributed by atoms with van der Waals surface area (Å²) >= 11 is 1.62. The summed E-state index contributed by atoms with van der Waals surface area (Å²) < 4.78 is 0. The fraction of sp³-hybridized carbons (Fsp3) is 0.714. The van der Waals surface area contributed by atoms with E-state index < -0.39 is 0 Å². The van der Waals surface area contributed by atoms with E-state index in [-0.39, 0.29) is 29.1 Å². The van der Waals surface area contributed by atoms with Crippen LogP contribution in [0.25, 0.3) is 0 Å². The van der Waals surface area contributed by atoms with Crippen molar-refractivity contribution in [1.29, 1.82) is 0 Å². The summed E-state index contributed by atoms with van der Waals surface area (Å²) in [6.45, 7) is 1.57. The van der Waals surface area contributed by atoms with Crippen molar-refractivity contribution in [1.82, 2.24) is 10.6 Å². The van der Waals surface area contributed by atoms with Crippen LogP contribution in [-0.4, -0.2) is 34.9 Å². The van der Waals surface area contributed by atoms with Gasteiger partial charge in [0.25, 0.3) is 0 Å². The minimum Gasteiger partial charge on any atom is -0.332 e. The monoisotopic (exact) mass is 186 g/mol. The second-order valence-electron chi connectivity index (χ2n) is 3.11. The Morgan fingerprint density at radius 3 is 3.00 bits per heavy atom. The van der Waals surface area contributed by atoms with Gasteiger partial charge in [-0.15, -0.1) is 11.8 Å². The van der Waals surface area contributed by atoms with E-state index in [0.29, 0.717) is 0 Å².